The quantitative estimate of drug-likeness (QED) is 0.310. The number of fused-ring (bicyclic) bond motifs is 1. The number of rotatable bonds is 2. The van der Waals surface area contributed by atoms with E-state index >= 15 is 0 Å². The molecule has 3 aromatic rings. The molecule has 0 amide bonds. The van der Waals surface area contributed by atoms with Crippen LogP contribution in [-0.2, 0) is 0 Å². The molecule has 0 aliphatic heterocycles. The van der Waals surface area contributed by atoms with Gasteiger partial charge in [0.25, 0.3) is 0 Å². The van der Waals surface area contributed by atoms with Gasteiger partial charge in [-0.2, -0.15) is 4.74 Å². The van der Waals surface area contributed by atoms with Crippen molar-refractivity contribution in [1.29, 1.82) is 0 Å². The molecule has 0 fully saturated rings. The van der Waals surface area contributed by atoms with Gasteiger partial charge in [0, 0.05) is 12.1 Å². The zero-order valence-corrected chi connectivity index (χ0v) is 10.4. The minimum absolute atomic E-state index is 0.208. The van der Waals surface area contributed by atoms with E-state index in [2.05, 4.69) is 0 Å². The number of para-hydroxylation sites is 2. The van der Waals surface area contributed by atoms with Crippen LogP contribution in [0.4, 0.5) is 5.69 Å². The highest BCUT2D eigenvalue weighted by atomic mass is 16.5. The monoisotopic (exact) mass is 267 g/mol. The van der Waals surface area contributed by atoms with Gasteiger partial charge < -0.3 is 9.62 Å². The fraction of sp³-hybridized carbons (Fsp3) is 0. The van der Waals surface area contributed by atoms with Crippen LogP contribution in [0.3, 0.4) is 0 Å². The van der Waals surface area contributed by atoms with Gasteiger partial charge in [0.2, 0.25) is 11.1 Å². The van der Waals surface area contributed by atoms with Gasteiger partial charge in [-0.25, -0.2) is 0 Å². The molecule has 20 heavy (non-hydrogen) atoms. The van der Waals surface area contributed by atoms with Crippen LogP contribution < -0.4 is 5.43 Å². The fourth-order valence-electron chi connectivity index (χ4n) is 1.83. The van der Waals surface area contributed by atoms with E-state index < -0.39 is 17.9 Å². The first-order valence-corrected chi connectivity index (χ1v) is 5.98. The number of hydrogen-bond acceptors (Lipinski definition) is 3. The Morgan fingerprint density at radius 2 is 1.85 bits per heavy atom. The van der Waals surface area contributed by atoms with Gasteiger partial charge in [-0.15, -0.1) is 0 Å². The predicted molar refractivity (Wildman–Crippen MR) is 77.4 cm³/mol. The maximum absolute atomic E-state index is 12.4. The van der Waals surface area contributed by atoms with E-state index in [9.17, 15) is 10.0 Å². The van der Waals surface area contributed by atoms with E-state index in [0.29, 0.717) is 4.74 Å². The fourth-order valence-corrected chi connectivity index (χ4v) is 1.83. The minimum atomic E-state index is -0.615. The second-order valence-corrected chi connectivity index (χ2v) is 4.15. The summed E-state index contributed by atoms with van der Waals surface area (Å²) < 4.78 is 21.3. The van der Waals surface area contributed by atoms with Crippen molar-refractivity contribution in [3.63, 3.8) is 0 Å². The molecule has 0 aliphatic carbocycles. The van der Waals surface area contributed by atoms with Crippen molar-refractivity contribution in [3.8, 4) is 0 Å². The molecule has 1 aromatic heterocycles. The highest BCUT2D eigenvalue weighted by Gasteiger charge is 2.08. The summed E-state index contributed by atoms with van der Waals surface area (Å²) in [5.74, 6) is 0. The Kier molecular flexibility index (Phi) is 2.50. The Bertz CT molecular complexity index is 933. The zero-order chi connectivity index (χ0) is 15.7. The second-order valence-electron chi connectivity index (χ2n) is 4.15. The molecule has 4 nitrogen and oxygen atoms in total. The van der Waals surface area contributed by atoms with Gasteiger partial charge in [0.05, 0.1) is 5.39 Å². The maximum atomic E-state index is 12.4. The summed E-state index contributed by atoms with van der Waals surface area (Å²) in [7, 11) is 0. The van der Waals surface area contributed by atoms with Crippen molar-refractivity contribution in [3.05, 3.63) is 81.8 Å². The SMILES string of the molecule is [2H]/C(c1c([2H])oc2ccccc2c1=O)=[N+](/[O-])c1ccccc1. The van der Waals surface area contributed by atoms with Crippen LogP contribution in [0, 0.1) is 5.21 Å². The summed E-state index contributed by atoms with van der Waals surface area (Å²) in [6, 6.07) is 14.5. The van der Waals surface area contributed by atoms with E-state index in [0.717, 1.165) is 0 Å². The lowest BCUT2D eigenvalue weighted by atomic mass is 10.2. The smallest absolute Gasteiger partial charge is 0.216 e. The predicted octanol–water partition coefficient (Wildman–Crippen LogP) is 3.05. The normalized spacial score (nSPS) is 13.6. The molecule has 0 unspecified atom stereocenters. The minimum Gasteiger partial charge on any atom is -0.618 e. The van der Waals surface area contributed by atoms with Gasteiger partial charge in [-0.1, -0.05) is 30.3 Å². The first-order valence-electron chi connectivity index (χ1n) is 6.98. The summed E-state index contributed by atoms with van der Waals surface area (Å²) in [6.45, 7) is 0. The molecule has 4 heteroatoms. The Balaban J connectivity index is 2.28. The van der Waals surface area contributed by atoms with Crippen molar-refractivity contribution in [1.82, 2.24) is 0 Å². The molecule has 1 heterocycles. The van der Waals surface area contributed by atoms with Crippen LogP contribution >= 0.6 is 0 Å². The van der Waals surface area contributed by atoms with Gasteiger partial charge in [-0.05, 0) is 12.1 Å². The molecule has 0 N–H and O–H groups in total. The van der Waals surface area contributed by atoms with Crippen LogP contribution in [0.15, 0.2) is 70.0 Å². The highest BCUT2D eigenvalue weighted by molar-refractivity contribution is 5.84. The summed E-state index contributed by atoms with van der Waals surface area (Å²) in [4.78, 5) is 12.4. The maximum Gasteiger partial charge on any atom is 0.216 e. The molecule has 2 aromatic carbocycles. The van der Waals surface area contributed by atoms with E-state index in [4.69, 9.17) is 7.16 Å². The summed E-state index contributed by atoms with van der Waals surface area (Å²) in [5, 5.41) is 12.4. The first kappa shape index (κ1) is 9.97. The first-order chi connectivity index (χ1) is 10.6. The van der Waals surface area contributed by atoms with E-state index in [-0.39, 0.29) is 22.2 Å². The standard InChI is InChI=1S/C16H11NO3/c18-16-12(10-17(19)13-6-2-1-3-7-13)11-20-15-9-5-4-8-14(15)16/h1-11H/b17-10-/i10D,11D. The van der Waals surface area contributed by atoms with Gasteiger partial charge in [0.15, 0.2) is 6.19 Å². The Labute approximate surface area is 117 Å². The van der Waals surface area contributed by atoms with Crippen LogP contribution in [-0.4, -0.2) is 10.9 Å². The topological polar surface area (TPSA) is 56.3 Å². The molecule has 0 saturated heterocycles. The van der Waals surface area contributed by atoms with Crippen molar-refractivity contribution >= 4 is 22.8 Å². The number of hydrogen-bond donors (Lipinski definition) is 0. The van der Waals surface area contributed by atoms with Crippen LogP contribution in [0.2, 0.25) is 0 Å². The van der Waals surface area contributed by atoms with Crippen molar-refractivity contribution in [2.45, 2.75) is 0 Å². The summed E-state index contributed by atoms with van der Waals surface area (Å²) in [5.41, 5.74) is -0.447. The summed E-state index contributed by atoms with van der Waals surface area (Å²) in [6.07, 6.45) is -1.11. The van der Waals surface area contributed by atoms with Crippen LogP contribution in [0.1, 0.15) is 8.30 Å². The Hall–Kier alpha value is -2.88. The Morgan fingerprint density at radius 3 is 2.65 bits per heavy atom. The van der Waals surface area contributed by atoms with Crippen LogP contribution in [0.5, 0.6) is 0 Å². The Morgan fingerprint density at radius 1 is 1.15 bits per heavy atom. The molecule has 3 rings (SSSR count). The van der Waals surface area contributed by atoms with Gasteiger partial charge in [0.1, 0.15) is 20.1 Å². The largest absolute Gasteiger partial charge is 0.618 e. The lowest BCUT2D eigenvalue weighted by molar-refractivity contribution is -0.354. The average molecular weight is 267 g/mol. The van der Waals surface area contributed by atoms with Gasteiger partial charge >= 0.3 is 0 Å². The van der Waals surface area contributed by atoms with E-state index in [1.807, 2.05) is 0 Å². The second kappa shape index (κ2) is 5.01. The molecule has 0 spiro atoms. The molecular weight excluding hydrogens is 254 g/mol. The molecule has 98 valence electrons. The lowest BCUT2D eigenvalue weighted by Gasteiger charge is -2.02. The van der Waals surface area contributed by atoms with Gasteiger partial charge in [-0.3, -0.25) is 4.79 Å². The highest BCUT2D eigenvalue weighted by Crippen LogP contribution is 2.11. The molecule has 0 aliphatic rings. The third-order valence-electron chi connectivity index (χ3n) is 2.83. The zero-order valence-electron chi connectivity index (χ0n) is 12.4. The molecule has 0 bridgehead atoms. The third-order valence-corrected chi connectivity index (χ3v) is 2.83. The average Bonchev–Trinajstić information content (AvgIpc) is 2.55. The molecular formula is C16H11NO3. The van der Waals surface area contributed by atoms with Crippen molar-refractivity contribution in [2.24, 2.45) is 0 Å². The number of benzene rings is 2. The summed E-state index contributed by atoms with van der Waals surface area (Å²) >= 11 is 0. The molecule has 0 saturated carbocycles. The van der Waals surface area contributed by atoms with Crippen molar-refractivity contribution in [2.75, 3.05) is 0 Å². The van der Waals surface area contributed by atoms with Crippen LogP contribution in [0.25, 0.3) is 11.0 Å². The lowest BCUT2D eigenvalue weighted by Crippen LogP contribution is -2.11. The third kappa shape index (κ3) is 2.19. The van der Waals surface area contributed by atoms with E-state index in [1.165, 1.54) is 18.2 Å². The number of nitrogens with zero attached hydrogens (tertiary/aromatic N) is 1. The molecule has 0 atom stereocenters. The molecule has 0 radical (unpaired) electrons. The van der Waals surface area contributed by atoms with E-state index in [1.54, 1.807) is 36.4 Å². The van der Waals surface area contributed by atoms with Crippen molar-refractivity contribution < 1.29 is 11.9 Å².